The van der Waals surface area contributed by atoms with Gasteiger partial charge in [0.25, 0.3) is 0 Å². The molecule has 1 rings (SSSR count). The number of carbonyl (C=O) groups is 1. The molecule has 64 valence electrons. The van der Waals surface area contributed by atoms with Crippen molar-refractivity contribution in [2.45, 2.75) is 12.8 Å². The first-order valence-electron chi connectivity index (χ1n) is 3.66. The molecule has 1 aromatic heterocycles. The van der Waals surface area contributed by atoms with Crippen LogP contribution in [0.4, 0.5) is 0 Å². The van der Waals surface area contributed by atoms with E-state index in [1.807, 2.05) is 6.07 Å². The highest BCUT2D eigenvalue weighted by Gasteiger charge is 2.12. The molecule has 0 aliphatic rings. The average Bonchev–Trinajstić information content (AvgIpc) is 2.17. The highest BCUT2D eigenvalue weighted by Crippen LogP contribution is 2.12. The third-order valence-electron chi connectivity index (χ3n) is 1.72. The van der Waals surface area contributed by atoms with Crippen molar-refractivity contribution < 1.29 is 4.79 Å². The summed E-state index contributed by atoms with van der Waals surface area (Å²) < 4.78 is 0. The normalized spacial score (nSPS) is 12.2. The standard InChI is InChI=1S/C8H11N3O/c1-6(8(12)11-9)7-3-2-4-10-5-7/h2-6H,9H2,1H3,(H,11,12). The molecule has 0 aliphatic carbocycles. The van der Waals surface area contributed by atoms with E-state index in [1.165, 1.54) is 0 Å². The Kier molecular flexibility index (Phi) is 2.76. The second kappa shape index (κ2) is 3.82. The van der Waals surface area contributed by atoms with E-state index in [1.54, 1.807) is 25.4 Å². The van der Waals surface area contributed by atoms with Gasteiger partial charge in [0.1, 0.15) is 0 Å². The van der Waals surface area contributed by atoms with Gasteiger partial charge >= 0.3 is 0 Å². The first-order chi connectivity index (χ1) is 5.75. The van der Waals surface area contributed by atoms with Crippen molar-refractivity contribution in [2.75, 3.05) is 0 Å². The summed E-state index contributed by atoms with van der Waals surface area (Å²) in [6.45, 7) is 1.78. The molecule has 0 saturated heterocycles. The van der Waals surface area contributed by atoms with E-state index in [0.717, 1.165) is 5.56 Å². The molecule has 0 bridgehead atoms. The summed E-state index contributed by atoms with van der Waals surface area (Å²) in [4.78, 5) is 14.9. The number of carbonyl (C=O) groups excluding carboxylic acids is 1. The number of nitrogens with zero attached hydrogens (tertiary/aromatic N) is 1. The Morgan fingerprint density at radius 2 is 2.50 bits per heavy atom. The Morgan fingerprint density at radius 3 is 3.00 bits per heavy atom. The number of pyridine rings is 1. The lowest BCUT2D eigenvalue weighted by Gasteiger charge is -2.08. The maximum atomic E-state index is 11.0. The van der Waals surface area contributed by atoms with Gasteiger partial charge in [-0.05, 0) is 18.6 Å². The molecule has 0 aliphatic heterocycles. The van der Waals surface area contributed by atoms with Crippen LogP contribution in [0.15, 0.2) is 24.5 Å². The van der Waals surface area contributed by atoms with Gasteiger partial charge in [-0.25, -0.2) is 5.84 Å². The smallest absolute Gasteiger partial charge is 0.241 e. The molecule has 0 aromatic carbocycles. The minimum Gasteiger partial charge on any atom is -0.294 e. The van der Waals surface area contributed by atoms with Crippen molar-refractivity contribution in [3.63, 3.8) is 0 Å². The van der Waals surface area contributed by atoms with E-state index in [4.69, 9.17) is 5.84 Å². The van der Waals surface area contributed by atoms with Crippen LogP contribution in [-0.4, -0.2) is 10.9 Å². The number of rotatable bonds is 2. The predicted molar refractivity (Wildman–Crippen MR) is 45.0 cm³/mol. The fraction of sp³-hybridized carbons (Fsp3) is 0.250. The van der Waals surface area contributed by atoms with Gasteiger partial charge in [-0.1, -0.05) is 6.07 Å². The lowest BCUT2D eigenvalue weighted by Crippen LogP contribution is -2.33. The van der Waals surface area contributed by atoms with Gasteiger partial charge in [-0.2, -0.15) is 0 Å². The van der Waals surface area contributed by atoms with Gasteiger partial charge in [0.15, 0.2) is 0 Å². The van der Waals surface area contributed by atoms with E-state index in [0.29, 0.717) is 0 Å². The first-order valence-corrected chi connectivity index (χ1v) is 3.66. The largest absolute Gasteiger partial charge is 0.294 e. The lowest BCUT2D eigenvalue weighted by molar-refractivity contribution is -0.122. The van der Waals surface area contributed by atoms with Crippen LogP contribution >= 0.6 is 0 Å². The molecule has 4 nitrogen and oxygen atoms in total. The molecule has 12 heavy (non-hydrogen) atoms. The average molecular weight is 165 g/mol. The molecule has 3 N–H and O–H groups in total. The highest BCUT2D eigenvalue weighted by atomic mass is 16.2. The fourth-order valence-corrected chi connectivity index (χ4v) is 0.908. The van der Waals surface area contributed by atoms with Gasteiger partial charge in [-0.15, -0.1) is 0 Å². The Morgan fingerprint density at radius 1 is 1.75 bits per heavy atom. The summed E-state index contributed by atoms with van der Waals surface area (Å²) in [5, 5.41) is 0. The fourth-order valence-electron chi connectivity index (χ4n) is 0.908. The zero-order valence-electron chi connectivity index (χ0n) is 6.82. The van der Waals surface area contributed by atoms with Gasteiger partial charge < -0.3 is 0 Å². The van der Waals surface area contributed by atoms with Crippen LogP contribution in [-0.2, 0) is 4.79 Å². The van der Waals surface area contributed by atoms with Gasteiger partial charge in [0, 0.05) is 12.4 Å². The minimum absolute atomic E-state index is 0.206. The van der Waals surface area contributed by atoms with Crippen molar-refractivity contribution in [1.82, 2.24) is 10.4 Å². The minimum atomic E-state index is -0.247. The number of hydrogen-bond donors (Lipinski definition) is 2. The van der Waals surface area contributed by atoms with Crippen LogP contribution in [0.2, 0.25) is 0 Å². The van der Waals surface area contributed by atoms with Gasteiger partial charge in [-0.3, -0.25) is 15.2 Å². The number of nitrogens with one attached hydrogen (secondary N) is 1. The van der Waals surface area contributed by atoms with Gasteiger partial charge in [0.2, 0.25) is 5.91 Å². The maximum absolute atomic E-state index is 11.0. The lowest BCUT2D eigenvalue weighted by atomic mass is 10.0. The Labute approximate surface area is 70.8 Å². The highest BCUT2D eigenvalue weighted by molar-refractivity contribution is 5.82. The van der Waals surface area contributed by atoms with E-state index >= 15 is 0 Å². The predicted octanol–water partition coefficient (Wildman–Crippen LogP) is 0.175. The number of hydrogen-bond acceptors (Lipinski definition) is 3. The molecule has 1 amide bonds. The molecule has 1 aromatic rings. The zero-order chi connectivity index (χ0) is 8.97. The molecule has 0 spiro atoms. The number of aromatic nitrogens is 1. The number of hydrazine groups is 1. The second-order valence-electron chi connectivity index (χ2n) is 2.52. The monoisotopic (exact) mass is 165 g/mol. The van der Waals surface area contributed by atoms with Crippen molar-refractivity contribution in [3.8, 4) is 0 Å². The van der Waals surface area contributed by atoms with Crippen molar-refractivity contribution in [2.24, 2.45) is 5.84 Å². The van der Waals surface area contributed by atoms with Gasteiger partial charge in [0.05, 0.1) is 5.92 Å². The van der Waals surface area contributed by atoms with Crippen LogP contribution in [0.3, 0.4) is 0 Å². The van der Waals surface area contributed by atoms with Crippen LogP contribution in [0.5, 0.6) is 0 Å². The van der Waals surface area contributed by atoms with Crippen LogP contribution in [0, 0.1) is 0 Å². The first kappa shape index (κ1) is 8.67. The van der Waals surface area contributed by atoms with E-state index in [2.05, 4.69) is 10.4 Å². The Hall–Kier alpha value is -1.42. The molecule has 0 radical (unpaired) electrons. The summed E-state index contributed by atoms with van der Waals surface area (Å²) in [5.74, 6) is 4.54. The van der Waals surface area contributed by atoms with Crippen molar-refractivity contribution >= 4 is 5.91 Å². The molecule has 1 unspecified atom stereocenters. The van der Waals surface area contributed by atoms with Crippen molar-refractivity contribution in [3.05, 3.63) is 30.1 Å². The van der Waals surface area contributed by atoms with E-state index in [9.17, 15) is 4.79 Å². The Balaban J connectivity index is 2.78. The number of nitrogens with two attached hydrogens (primary N) is 1. The topological polar surface area (TPSA) is 68.0 Å². The van der Waals surface area contributed by atoms with Crippen molar-refractivity contribution in [1.29, 1.82) is 0 Å². The summed E-state index contributed by atoms with van der Waals surface area (Å²) >= 11 is 0. The molecule has 4 heteroatoms. The summed E-state index contributed by atoms with van der Waals surface area (Å²) in [6, 6.07) is 3.63. The van der Waals surface area contributed by atoms with E-state index in [-0.39, 0.29) is 11.8 Å². The third kappa shape index (κ3) is 1.79. The zero-order valence-corrected chi connectivity index (χ0v) is 6.82. The molecule has 1 atom stereocenters. The maximum Gasteiger partial charge on any atom is 0.241 e. The van der Waals surface area contributed by atoms with Crippen LogP contribution in [0.1, 0.15) is 18.4 Å². The Bertz CT molecular complexity index is 260. The summed E-state index contributed by atoms with van der Waals surface area (Å²) in [5.41, 5.74) is 2.96. The molecular formula is C8H11N3O. The summed E-state index contributed by atoms with van der Waals surface area (Å²) in [7, 11) is 0. The SMILES string of the molecule is CC(C(=O)NN)c1cccnc1. The van der Waals surface area contributed by atoms with Crippen LogP contribution < -0.4 is 11.3 Å². The summed E-state index contributed by atoms with van der Waals surface area (Å²) in [6.07, 6.45) is 3.32. The molecule has 0 fully saturated rings. The number of amides is 1. The van der Waals surface area contributed by atoms with E-state index < -0.39 is 0 Å². The molecular weight excluding hydrogens is 154 g/mol. The van der Waals surface area contributed by atoms with Crippen LogP contribution in [0.25, 0.3) is 0 Å². The molecule has 0 saturated carbocycles. The molecule has 1 heterocycles. The quantitative estimate of drug-likeness (QED) is 0.373. The second-order valence-corrected chi connectivity index (χ2v) is 2.52. The third-order valence-corrected chi connectivity index (χ3v) is 1.72.